The second kappa shape index (κ2) is 5.19. The lowest BCUT2D eigenvalue weighted by molar-refractivity contribution is 0.00349. The number of furan rings is 1. The van der Waals surface area contributed by atoms with E-state index in [2.05, 4.69) is 18.2 Å². The quantitative estimate of drug-likeness (QED) is 0.918. The molecule has 2 unspecified atom stereocenters. The Bertz CT molecular complexity index is 559. The number of aryl methyl sites for hydroxylation is 1. The fourth-order valence-corrected chi connectivity index (χ4v) is 2.74. The summed E-state index contributed by atoms with van der Waals surface area (Å²) in [6.07, 6.45) is 2.55. The van der Waals surface area contributed by atoms with Crippen LogP contribution in [0.1, 0.15) is 41.1 Å². The topological polar surface area (TPSA) is 42.6 Å². The highest BCUT2D eigenvalue weighted by Gasteiger charge is 2.25. The van der Waals surface area contributed by atoms with E-state index in [1.165, 1.54) is 11.1 Å². The van der Waals surface area contributed by atoms with Crippen LogP contribution in [0.2, 0.25) is 0 Å². The summed E-state index contributed by atoms with van der Waals surface area (Å²) in [4.78, 5) is 0. The van der Waals surface area contributed by atoms with Gasteiger partial charge in [0.25, 0.3) is 0 Å². The molecule has 1 aromatic carbocycles. The van der Waals surface area contributed by atoms with E-state index < -0.39 is 6.10 Å². The van der Waals surface area contributed by atoms with Gasteiger partial charge < -0.3 is 14.3 Å². The minimum Gasteiger partial charge on any atom is -0.469 e. The normalized spacial score (nSPS) is 20.0. The van der Waals surface area contributed by atoms with Gasteiger partial charge >= 0.3 is 0 Å². The van der Waals surface area contributed by atoms with E-state index in [1.807, 2.05) is 19.1 Å². The number of hydrogen-bond acceptors (Lipinski definition) is 3. The molecule has 1 aromatic heterocycles. The molecule has 19 heavy (non-hydrogen) atoms. The molecule has 0 fully saturated rings. The number of fused-ring (bicyclic) bond motifs is 1. The Balaban J connectivity index is 1.80. The van der Waals surface area contributed by atoms with Gasteiger partial charge in [-0.1, -0.05) is 24.3 Å². The molecule has 2 heterocycles. The van der Waals surface area contributed by atoms with Crippen LogP contribution < -0.4 is 0 Å². The molecular weight excluding hydrogens is 240 g/mol. The largest absolute Gasteiger partial charge is 0.469 e. The first-order valence-electron chi connectivity index (χ1n) is 6.67. The molecule has 0 saturated heterocycles. The van der Waals surface area contributed by atoms with Gasteiger partial charge in [-0.05, 0) is 30.5 Å². The van der Waals surface area contributed by atoms with Gasteiger partial charge in [0.1, 0.15) is 5.76 Å². The van der Waals surface area contributed by atoms with E-state index in [0.717, 1.165) is 24.4 Å². The third-order valence-electron chi connectivity index (χ3n) is 3.79. The maximum absolute atomic E-state index is 10.3. The second-order valence-corrected chi connectivity index (χ2v) is 4.99. The molecule has 0 aliphatic carbocycles. The monoisotopic (exact) mass is 258 g/mol. The molecule has 2 atom stereocenters. The van der Waals surface area contributed by atoms with E-state index in [9.17, 15) is 5.11 Å². The molecule has 1 N–H and O–H groups in total. The highest BCUT2D eigenvalue weighted by Crippen LogP contribution is 2.35. The standard InChI is InChI=1S/C16H18O3/c1-11-13(7-9-18-11)15(17)10-16-14-5-3-2-4-12(14)6-8-19-16/h2-5,7,9,15-17H,6,8,10H2,1H3. The molecule has 1 aliphatic rings. The lowest BCUT2D eigenvalue weighted by Crippen LogP contribution is -2.18. The van der Waals surface area contributed by atoms with Crippen molar-refractivity contribution >= 4 is 0 Å². The maximum atomic E-state index is 10.3. The van der Waals surface area contributed by atoms with Crippen LogP contribution in [0.15, 0.2) is 41.0 Å². The van der Waals surface area contributed by atoms with E-state index in [4.69, 9.17) is 9.15 Å². The maximum Gasteiger partial charge on any atom is 0.106 e. The SMILES string of the molecule is Cc1occc1C(O)CC1OCCc2ccccc21. The van der Waals surface area contributed by atoms with Crippen molar-refractivity contribution in [1.29, 1.82) is 0 Å². The van der Waals surface area contributed by atoms with Gasteiger partial charge in [0.15, 0.2) is 0 Å². The van der Waals surface area contributed by atoms with Crippen molar-refractivity contribution in [1.82, 2.24) is 0 Å². The number of benzene rings is 1. The number of ether oxygens (including phenoxy) is 1. The molecule has 100 valence electrons. The van der Waals surface area contributed by atoms with Crippen molar-refractivity contribution in [3.05, 3.63) is 59.0 Å². The predicted molar refractivity (Wildman–Crippen MR) is 71.9 cm³/mol. The lowest BCUT2D eigenvalue weighted by atomic mass is 9.92. The van der Waals surface area contributed by atoms with Crippen LogP contribution in [0, 0.1) is 6.92 Å². The van der Waals surface area contributed by atoms with Gasteiger partial charge in [0.05, 0.1) is 25.1 Å². The van der Waals surface area contributed by atoms with Crippen LogP contribution in [0.4, 0.5) is 0 Å². The zero-order valence-electron chi connectivity index (χ0n) is 11.0. The van der Waals surface area contributed by atoms with Crippen molar-refractivity contribution in [2.24, 2.45) is 0 Å². The molecule has 3 rings (SSSR count). The molecule has 2 aromatic rings. The van der Waals surface area contributed by atoms with Crippen LogP contribution in [0.5, 0.6) is 0 Å². The van der Waals surface area contributed by atoms with E-state index in [1.54, 1.807) is 6.26 Å². The van der Waals surface area contributed by atoms with Crippen molar-refractivity contribution in [3.8, 4) is 0 Å². The van der Waals surface area contributed by atoms with Crippen LogP contribution in [0.25, 0.3) is 0 Å². The summed E-state index contributed by atoms with van der Waals surface area (Å²) < 4.78 is 11.1. The summed E-state index contributed by atoms with van der Waals surface area (Å²) in [6.45, 7) is 2.59. The fourth-order valence-electron chi connectivity index (χ4n) is 2.74. The first kappa shape index (κ1) is 12.5. The van der Waals surface area contributed by atoms with Crippen molar-refractivity contribution in [2.75, 3.05) is 6.61 Å². The van der Waals surface area contributed by atoms with Crippen LogP contribution in [-0.2, 0) is 11.2 Å². The first-order valence-corrected chi connectivity index (χ1v) is 6.67. The Labute approximate surface area is 112 Å². The summed E-state index contributed by atoms with van der Waals surface area (Å²) in [7, 11) is 0. The molecule has 0 radical (unpaired) electrons. The smallest absolute Gasteiger partial charge is 0.106 e. The highest BCUT2D eigenvalue weighted by atomic mass is 16.5. The van der Waals surface area contributed by atoms with Gasteiger partial charge in [-0.15, -0.1) is 0 Å². The minimum atomic E-state index is -0.546. The molecule has 0 spiro atoms. The molecule has 3 nitrogen and oxygen atoms in total. The van der Waals surface area contributed by atoms with Gasteiger partial charge in [0.2, 0.25) is 0 Å². The number of aliphatic hydroxyl groups excluding tert-OH is 1. The van der Waals surface area contributed by atoms with Crippen molar-refractivity contribution in [2.45, 2.75) is 32.0 Å². The van der Waals surface area contributed by atoms with Gasteiger partial charge in [-0.25, -0.2) is 0 Å². The molecule has 3 heteroatoms. The first-order chi connectivity index (χ1) is 9.25. The lowest BCUT2D eigenvalue weighted by Gasteiger charge is -2.27. The van der Waals surface area contributed by atoms with E-state index in [0.29, 0.717) is 6.42 Å². The van der Waals surface area contributed by atoms with E-state index in [-0.39, 0.29) is 6.10 Å². The molecular formula is C16H18O3. The second-order valence-electron chi connectivity index (χ2n) is 4.99. The zero-order chi connectivity index (χ0) is 13.2. The van der Waals surface area contributed by atoms with Gasteiger partial charge in [-0.2, -0.15) is 0 Å². The van der Waals surface area contributed by atoms with E-state index >= 15 is 0 Å². The Morgan fingerprint density at radius 2 is 2.16 bits per heavy atom. The summed E-state index contributed by atoms with van der Waals surface area (Å²) in [6, 6.07) is 10.1. The Hall–Kier alpha value is -1.58. The Kier molecular flexibility index (Phi) is 3.40. The highest BCUT2D eigenvalue weighted by molar-refractivity contribution is 5.31. The summed E-state index contributed by atoms with van der Waals surface area (Å²) >= 11 is 0. The summed E-state index contributed by atoms with van der Waals surface area (Å²) in [5.74, 6) is 0.775. The third-order valence-corrected chi connectivity index (χ3v) is 3.79. The predicted octanol–water partition coefficient (Wildman–Crippen LogP) is 3.33. The summed E-state index contributed by atoms with van der Waals surface area (Å²) in [5.41, 5.74) is 3.38. The van der Waals surface area contributed by atoms with Crippen LogP contribution >= 0.6 is 0 Å². The Morgan fingerprint density at radius 1 is 1.32 bits per heavy atom. The molecule has 1 aliphatic heterocycles. The number of rotatable bonds is 3. The Morgan fingerprint density at radius 3 is 2.95 bits per heavy atom. The summed E-state index contributed by atoms with van der Waals surface area (Å²) in [5, 5.41) is 10.3. The van der Waals surface area contributed by atoms with Crippen molar-refractivity contribution < 1.29 is 14.3 Å². The fraction of sp³-hybridized carbons (Fsp3) is 0.375. The number of aliphatic hydroxyl groups is 1. The van der Waals surface area contributed by atoms with Gasteiger partial charge in [-0.3, -0.25) is 0 Å². The van der Waals surface area contributed by atoms with Crippen molar-refractivity contribution in [3.63, 3.8) is 0 Å². The average Bonchev–Trinajstić information content (AvgIpc) is 2.85. The van der Waals surface area contributed by atoms with Gasteiger partial charge in [0, 0.05) is 12.0 Å². The minimum absolute atomic E-state index is 0.0331. The molecule has 0 amide bonds. The molecule has 0 saturated carbocycles. The number of hydrogen-bond donors (Lipinski definition) is 1. The van der Waals surface area contributed by atoms with Crippen LogP contribution in [-0.4, -0.2) is 11.7 Å². The third kappa shape index (κ3) is 2.44. The zero-order valence-corrected chi connectivity index (χ0v) is 11.0. The average molecular weight is 258 g/mol. The molecule has 0 bridgehead atoms. The van der Waals surface area contributed by atoms with Crippen LogP contribution in [0.3, 0.4) is 0 Å².